The normalized spacial score (nSPS) is 12.7. The monoisotopic (exact) mass is 270 g/mol. The van der Waals surface area contributed by atoms with Gasteiger partial charge in [-0.05, 0) is 24.6 Å². The standard InChI is InChI=1S/C11H12Cl2N4/c1-2-10(14)11-6-17(16-15-11)7-3-4-8(12)9(13)5-7/h3-6,10H,2,14H2,1H3. The molecule has 0 aliphatic rings. The Morgan fingerprint density at radius 2 is 2.12 bits per heavy atom. The van der Waals surface area contributed by atoms with Crippen LogP contribution in [0, 0.1) is 0 Å². The average Bonchev–Trinajstić information content (AvgIpc) is 2.81. The van der Waals surface area contributed by atoms with Crippen molar-refractivity contribution in [3.8, 4) is 5.69 Å². The van der Waals surface area contributed by atoms with Gasteiger partial charge >= 0.3 is 0 Å². The summed E-state index contributed by atoms with van der Waals surface area (Å²) in [5, 5.41) is 9.04. The van der Waals surface area contributed by atoms with E-state index in [1.807, 2.05) is 13.0 Å². The molecule has 90 valence electrons. The Kier molecular flexibility index (Phi) is 3.66. The first-order valence-corrected chi connectivity index (χ1v) is 6.00. The Labute approximate surface area is 109 Å². The van der Waals surface area contributed by atoms with Crippen molar-refractivity contribution in [2.75, 3.05) is 0 Å². The Morgan fingerprint density at radius 1 is 1.35 bits per heavy atom. The van der Waals surface area contributed by atoms with E-state index in [0.29, 0.717) is 10.0 Å². The summed E-state index contributed by atoms with van der Waals surface area (Å²) < 4.78 is 1.63. The van der Waals surface area contributed by atoms with Crippen molar-refractivity contribution in [1.82, 2.24) is 15.0 Å². The van der Waals surface area contributed by atoms with Crippen LogP contribution in [-0.2, 0) is 0 Å². The second-order valence-electron chi connectivity index (χ2n) is 3.70. The lowest BCUT2D eigenvalue weighted by Crippen LogP contribution is -2.08. The Hall–Kier alpha value is -1.10. The predicted molar refractivity (Wildman–Crippen MR) is 68.6 cm³/mol. The Bertz CT molecular complexity index is 524. The molecule has 0 amide bonds. The number of hydrogen-bond acceptors (Lipinski definition) is 3. The Morgan fingerprint density at radius 3 is 2.76 bits per heavy atom. The topological polar surface area (TPSA) is 56.7 Å². The quantitative estimate of drug-likeness (QED) is 0.933. The molecule has 2 aromatic rings. The zero-order valence-corrected chi connectivity index (χ0v) is 10.8. The van der Waals surface area contributed by atoms with Gasteiger partial charge in [0.2, 0.25) is 0 Å². The highest BCUT2D eigenvalue weighted by atomic mass is 35.5. The third-order valence-corrected chi connectivity index (χ3v) is 3.24. The van der Waals surface area contributed by atoms with E-state index in [0.717, 1.165) is 17.8 Å². The summed E-state index contributed by atoms with van der Waals surface area (Å²) >= 11 is 11.8. The van der Waals surface area contributed by atoms with Crippen LogP contribution in [0.15, 0.2) is 24.4 Å². The van der Waals surface area contributed by atoms with Crippen LogP contribution < -0.4 is 5.73 Å². The zero-order valence-electron chi connectivity index (χ0n) is 9.27. The van der Waals surface area contributed by atoms with Crippen LogP contribution in [0.1, 0.15) is 25.1 Å². The SMILES string of the molecule is CCC(N)c1cn(-c2ccc(Cl)c(Cl)c2)nn1. The third-order valence-electron chi connectivity index (χ3n) is 2.50. The minimum atomic E-state index is -0.0912. The minimum Gasteiger partial charge on any atom is -0.323 e. The summed E-state index contributed by atoms with van der Waals surface area (Å²) in [7, 11) is 0. The summed E-state index contributed by atoms with van der Waals surface area (Å²) in [6, 6.07) is 5.19. The van der Waals surface area contributed by atoms with Gasteiger partial charge in [0.15, 0.2) is 0 Å². The maximum atomic E-state index is 5.94. The Balaban J connectivity index is 2.33. The fourth-order valence-corrected chi connectivity index (χ4v) is 1.70. The molecule has 1 aromatic heterocycles. The number of rotatable bonds is 3. The first-order chi connectivity index (χ1) is 8.11. The van der Waals surface area contributed by atoms with E-state index in [2.05, 4.69) is 10.3 Å². The molecule has 6 heteroatoms. The maximum absolute atomic E-state index is 5.94. The summed E-state index contributed by atoms with van der Waals surface area (Å²) in [4.78, 5) is 0. The lowest BCUT2D eigenvalue weighted by Gasteiger charge is -2.03. The average molecular weight is 271 g/mol. The number of nitrogens with zero attached hydrogens (tertiary/aromatic N) is 3. The van der Waals surface area contributed by atoms with Gasteiger partial charge in [0.05, 0.1) is 33.7 Å². The zero-order chi connectivity index (χ0) is 12.4. The number of hydrogen-bond donors (Lipinski definition) is 1. The molecule has 0 radical (unpaired) electrons. The van der Waals surface area contributed by atoms with Gasteiger partial charge in [-0.15, -0.1) is 5.10 Å². The molecule has 4 nitrogen and oxygen atoms in total. The van der Waals surface area contributed by atoms with E-state index >= 15 is 0 Å². The summed E-state index contributed by atoms with van der Waals surface area (Å²) in [5.74, 6) is 0. The van der Waals surface area contributed by atoms with Crippen LogP contribution in [0.25, 0.3) is 5.69 Å². The summed E-state index contributed by atoms with van der Waals surface area (Å²) in [5.41, 5.74) is 7.45. The number of nitrogens with two attached hydrogens (primary N) is 1. The highest BCUT2D eigenvalue weighted by Crippen LogP contribution is 2.24. The molecule has 0 spiro atoms. The van der Waals surface area contributed by atoms with E-state index in [9.17, 15) is 0 Å². The molecule has 0 saturated carbocycles. The number of aromatic nitrogens is 3. The lowest BCUT2D eigenvalue weighted by molar-refractivity contribution is 0.670. The van der Waals surface area contributed by atoms with Crippen LogP contribution in [-0.4, -0.2) is 15.0 Å². The van der Waals surface area contributed by atoms with Crippen LogP contribution in [0.2, 0.25) is 10.0 Å². The molecule has 1 heterocycles. The van der Waals surface area contributed by atoms with E-state index in [1.165, 1.54) is 0 Å². The third kappa shape index (κ3) is 2.60. The predicted octanol–water partition coefficient (Wildman–Crippen LogP) is 2.98. The molecule has 1 aromatic carbocycles. The highest BCUT2D eigenvalue weighted by molar-refractivity contribution is 6.42. The van der Waals surface area contributed by atoms with Crippen LogP contribution in [0.5, 0.6) is 0 Å². The summed E-state index contributed by atoms with van der Waals surface area (Å²) in [6.45, 7) is 2.00. The van der Waals surface area contributed by atoms with Crippen molar-refractivity contribution in [1.29, 1.82) is 0 Å². The van der Waals surface area contributed by atoms with Gasteiger partial charge in [-0.2, -0.15) is 0 Å². The van der Waals surface area contributed by atoms with Crippen molar-refractivity contribution >= 4 is 23.2 Å². The van der Waals surface area contributed by atoms with Crippen LogP contribution >= 0.6 is 23.2 Å². The molecule has 2 N–H and O–H groups in total. The van der Waals surface area contributed by atoms with Gasteiger partial charge in [0, 0.05) is 0 Å². The fourth-order valence-electron chi connectivity index (χ4n) is 1.41. The number of benzene rings is 1. The smallest absolute Gasteiger partial charge is 0.0998 e. The van der Waals surface area contributed by atoms with Crippen LogP contribution in [0.3, 0.4) is 0 Å². The lowest BCUT2D eigenvalue weighted by atomic mass is 10.2. The molecule has 0 bridgehead atoms. The van der Waals surface area contributed by atoms with Crippen molar-refractivity contribution in [3.05, 3.63) is 40.1 Å². The van der Waals surface area contributed by atoms with Gasteiger partial charge in [0.1, 0.15) is 0 Å². The van der Waals surface area contributed by atoms with E-state index in [-0.39, 0.29) is 6.04 Å². The maximum Gasteiger partial charge on any atom is 0.0998 e. The second-order valence-corrected chi connectivity index (χ2v) is 4.52. The molecule has 0 aliphatic carbocycles. The van der Waals surface area contributed by atoms with E-state index in [4.69, 9.17) is 28.9 Å². The highest BCUT2D eigenvalue weighted by Gasteiger charge is 2.09. The number of halogens is 2. The van der Waals surface area contributed by atoms with E-state index < -0.39 is 0 Å². The molecular formula is C11H12Cl2N4. The molecule has 0 aliphatic heterocycles. The van der Waals surface area contributed by atoms with E-state index in [1.54, 1.807) is 23.0 Å². The largest absolute Gasteiger partial charge is 0.323 e. The molecule has 2 rings (SSSR count). The van der Waals surface area contributed by atoms with Gasteiger partial charge in [-0.25, -0.2) is 4.68 Å². The van der Waals surface area contributed by atoms with Crippen molar-refractivity contribution in [2.45, 2.75) is 19.4 Å². The second kappa shape index (κ2) is 5.04. The van der Waals surface area contributed by atoms with Gasteiger partial charge < -0.3 is 5.73 Å². The first kappa shape index (κ1) is 12.4. The van der Waals surface area contributed by atoms with Gasteiger partial charge in [-0.3, -0.25) is 0 Å². The first-order valence-electron chi connectivity index (χ1n) is 5.25. The molecule has 0 fully saturated rings. The fraction of sp³-hybridized carbons (Fsp3) is 0.273. The molecular weight excluding hydrogens is 259 g/mol. The van der Waals surface area contributed by atoms with Crippen molar-refractivity contribution in [3.63, 3.8) is 0 Å². The molecule has 17 heavy (non-hydrogen) atoms. The van der Waals surface area contributed by atoms with Gasteiger partial charge in [-0.1, -0.05) is 35.3 Å². The van der Waals surface area contributed by atoms with Crippen molar-refractivity contribution < 1.29 is 0 Å². The van der Waals surface area contributed by atoms with Crippen molar-refractivity contribution in [2.24, 2.45) is 5.73 Å². The minimum absolute atomic E-state index is 0.0912. The molecule has 0 saturated heterocycles. The van der Waals surface area contributed by atoms with Gasteiger partial charge in [0.25, 0.3) is 0 Å². The molecule has 1 atom stereocenters. The van der Waals surface area contributed by atoms with Crippen LogP contribution in [0.4, 0.5) is 0 Å². The summed E-state index contributed by atoms with van der Waals surface area (Å²) in [6.07, 6.45) is 2.62. The molecule has 1 unspecified atom stereocenters.